The van der Waals surface area contributed by atoms with Gasteiger partial charge in [-0.1, -0.05) is 15.8 Å². The van der Waals surface area contributed by atoms with Crippen LogP contribution in [0.2, 0.25) is 0 Å². The van der Waals surface area contributed by atoms with Crippen molar-refractivity contribution >= 4 is 11.4 Å². The first kappa shape index (κ1) is 8.93. The van der Waals surface area contributed by atoms with E-state index in [0.29, 0.717) is 11.4 Å². The van der Waals surface area contributed by atoms with Gasteiger partial charge in [-0.25, -0.2) is 0 Å². The Kier molecular flexibility index (Phi) is 2.76. The molecule has 1 aromatic rings. The van der Waals surface area contributed by atoms with E-state index < -0.39 is 0 Å². The number of benzene rings is 1. The Hall–Kier alpha value is -2.16. The summed E-state index contributed by atoms with van der Waals surface area (Å²) in [4.78, 5) is 5.28. The Bertz CT molecular complexity index is 375. The van der Waals surface area contributed by atoms with Crippen molar-refractivity contribution in [2.24, 2.45) is 10.2 Å². The molecular formula is C7H6N6. The topological polar surface area (TPSA) is 97.5 Å². The Morgan fingerprint density at radius 2 is 1.46 bits per heavy atom. The maximum atomic E-state index is 8.19. The van der Waals surface area contributed by atoms with Gasteiger partial charge in [0.15, 0.2) is 0 Å². The first-order valence-corrected chi connectivity index (χ1v) is 3.48. The minimum atomic E-state index is 0.449. The summed E-state index contributed by atoms with van der Waals surface area (Å²) >= 11 is 0. The van der Waals surface area contributed by atoms with E-state index in [1.807, 2.05) is 6.92 Å². The Balaban J connectivity index is 3.25. The highest BCUT2D eigenvalue weighted by Crippen LogP contribution is 2.23. The number of nitrogens with zero attached hydrogens (tertiary/aromatic N) is 6. The number of aryl methyl sites for hydroxylation is 1. The summed E-state index contributed by atoms with van der Waals surface area (Å²) < 4.78 is 0. The van der Waals surface area contributed by atoms with E-state index in [2.05, 4.69) is 20.1 Å². The van der Waals surface area contributed by atoms with E-state index in [0.717, 1.165) is 5.56 Å². The lowest BCUT2D eigenvalue weighted by Crippen LogP contribution is -1.70. The van der Waals surface area contributed by atoms with Crippen LogP contribution in [0.3, 0.4) is 0 Å². The average molecular weight is 174 g/mol. The lowest BCUT2D eigenvalue weighted by atomic mass is 10.2. The second-order valence-corrected chi connectivity index (χ2v) is 2.41. The maximum absolute atomic E-state index is 8.19. The summed E-state index contributed by atoms with van der Waals surface area (Å²) in [5.41, 5.74) is 18.2. The summed E-state index contributed by atoms with van der Waals surface area (Å²) in [6, 6.07) is 4.93. The Morgan fingerprint density at radius 3 is 1.85 bits per heavy atom. The fourth-order valence-electron chi connectivity index (χ4n) is 0.962. The summed E-state index contributed by atoms with van der Waals surface area (Å²) in [7, 11) is 0. The van der Waals surface area contributed by atoms with Gasteiger partial charge >= 0.3 is 0 Å². The lowest BCUT2D eigenvalue weighted by Gasteiger charge is -1.97. The van der Waals surface area contributed by atoms with Gasteiger partial charge in [0, 0.05) is 21.2 Å². The molecule has 0 aliphatic carbocycles. The smallest absolute Gasteiger partial charge is 0.0382 e. The predicted molar refractivity (Wildman–Crippen MR) is 48.8 cm³/mol. The van der Waals surface area contributed by atoms with Crippen molar-refractivity contribution in [3.8, 4) is 0 Å². The molecule has 6 heteroatoms. The van der Waals surface area contributed by atoms with Crippen molar-refractivity contribution in [2.75, 3.05) is 0 Å². The molecule has 0 heterocycles. The highest BCUT2D eigenvalue weighted by Gasteiger charge is 1.94. The van der Waals surface area contributed by atoms with Gasteiger partial charge in [-0.15, -0.1) is 0 Å². The molecule has 0 aliphatic heterocycles. The zero-order valence-electron chi connectivity index (χ0n) is 6.92. The molecule has 0 atom stereocenters. The van der Waals surface area contributed by atoms with Crippen molar-refractivity contribution in [1.29, 1.82) is 0 Å². The maximum Gasteiger partial charge on any atom is 0.0382 e. The minimum absolute atomic E-state index is 0.449. The molecule has 0 spiro atoms. The molecule has 64 valence electrons. The van der Waals surface area contributed by atoms with Crippen LogP contribution in [0, 0.1) is 6.92 Å². The van der Waals surface area contributed by atoms with Gasteiger partial charge in [0.2, 0.25) is 0 Å². The van der Waals surface area contributed by atoms with Crippen molar-refractivity contribution in [2.45, 2.75) is 6.92 Å². The first-order chi connectivity index (χ1) is 6.26. The monoisotopic (exact) mass is 174 g/mol. The van der Waals surface area contributed by atoms with Crippen molar-refractivity contribution in [3.05, 3.63) is 44.6 Å². The lowest BCUT2D eigenvalue weighted by molar-refractivity contribution is 1.37. The molecule has 0 aromatic heterocycles. The van der Waals surface area contributed by atoms with E-state index in [9.17, 15) is 0 Å². The summed E-state index contributed by atoms with van der Waals surface area (Å²) in [5.74, 6) is 0. The molecule has 6 nitrogen and oxygen atoms in total. The predicted octanol–water partition coefficient (Wildman–Crippen LogP) is 3.88. The molecule has 0 fully saturated rings. The van der Waals surface area contributed by atoms with E-state index in [-0.39, 0.29) is 0 Å². The normalized spacial score (nSPS) is 8.38. The van der Waals surface area contributed by atoms with Crippen molar-refractivity contribution in [1.82, 2.24) is 0 Å². The van der Waals surface area contributed by atoms with Crippen LogP contribution in [0.5, 0.6) is 0 Å². The largest absolute Gasteiger partial charge is 0.0608 e. The van der Waals surface area contributed by atoms with Crippen LogP contribution in [-0.4, -0.2) is 0 Å². The number of azide groups is 2. The molecule has 0 saturated heterocycles. The standard InChI is InChI=1S/C7H6N6/c1-5-2-6(10-12-8)4-7(3-5)11-13-9/h2-4H,1H3. The summed E-state index contributed by atoms with van der Waals surface area (Å²) in [5, 5.41) is 6.82. The van der Waals surface area contributed by atoms with E-state index in [1.165, 1.54) is 6.07 Å². The zero-order chi connectivity index (χ0) is 9.68. The average Bonchev–Trinajstić information content (AvgIpc) is 2.04. The number of hydrogen-bond acceptors (Lipinski definition) is 2. The van der Waals surface area contributed by atoms with Crippen LogP contribution in [0.1, 0.15) is 5.56 Å². The van der Waals surface area contributed by atoms with Crippen LogP contribution < -0.4 is 0 Å². The molecule has 0 N–H and O–H groups in total. The molecular weight excluding hydrogens is 168 g/mol. The molecule has 0 bridgehead atoms. The minimum Gasteiger partial charge on any atom is -0.0608 e. The van der Waals surface area contributed by atoms with Gasteiger partial charge in [0.25, 0.3) is 0 Å². The van der Waals surface area contributed by atoms with E-state index >= 15 is 0 Å². The van der Waals surface area contributed by atoms with E-state index in [1.54, 1.807) is 12.1 Å². The highest BCUT2D eigenvalue weighted by molar-refractivity contribution is 5.52. The first-order valence-electron chi connectivity index (χ1n) is 3.48. The second kappa shape index (κ2) is 4.01. The third-order valence-electron chi connectivity index (χ3n) is 1.37. The summed E-state index contributed by atoms with van der Waals surface area (Å²) in [6.07, 6.45) is 0. The van der Waals surface area contributed by atoms with Gasteiger partial charge in [0.1, 0.15) is 0 Å². The Labute approximate surface area is 74.1 Å². The van der Waals surface area contributed by atoms with Gasteiger partial charge < -0.3 is 0 Å². The molecule has 1 aromatic carbocycles. The number of rotatable bonds is 2. The summed E-state index contributed by atoms with van der Waals surface area (Å²) in [6.45, 7) is 1.83. The Morgan fingerprint density at radius 1 is 1.00 bits per heavy atom. The van der Waals surface area contributed by atoms with Crippen LogP contribution in [0.15, 0.2) is 28.4 Å². The fourth-order valence-corrected chi connectivity index (χ4v) is 0.962. The molecule has 0 radical (unpaired) electrons. The molecule has 13 heavy (non-hydrogen) atoms. The molecule has 0 amide bonds. The van der Waals surface area contributed by atoms with E-state index in [4.69, 9.17) is 11.1 Å². The van der Waals surface area contributed by atoms with Gasteiger partial charge in [-0.3, -0.25) is 0 Å². The van der Waals surface area contributed by atoms with Crippen LogP contribution in [0.4, 0.5) is 11.4 Å². The SMILES string of the molecule is Cc1cc(N=[N+]=[N-])cc(N=[N+]=[N-])c1. The highest BCUT2D eigenvalue weighted by atomic mass is 15.1. The molecule has 0 aliphatic rings. The van der Waals surface area contributed by atoms with Crippen molar-refractivity contribution in [3.63, 3.8) is 0 Å². The quantitative estimate of drug-likeness (QED) is 0.369. The van der Waals surface area contributed by atoms with Crippen LogP contribution in [0.25, 0.3) is 20.9 Å². The number of hydrogen-bond donors (Lipinski definition) is 0. The van der Waals surface area contributed by atoms with Crippen LogP contribution in [-0.2, 0) is 0 Å². The molecule has 0 saturated carbocycles. The molecule has 0 unspecified atom stereocenters. The second-order valence-electron chi connectivity index (χ2n) is 2.41. The third-order valence-corrected chi connectivity index (χ3v) is 1.37. The zero-order valence-corrected chi connectivity index (χ0v) is 6.92. The van der Waals surface area contributed by atoms with Gasteiger partial charge in [0.05, 0.1) is 0 Å². The van der Waals surface area contributed by atoms with Crippen molar-refractivity contribution < 1.29 is 0 Å². The molecule has 1 rings (SSSR count). The van der Waals surface area contributed by atoms with Crippen LogP contribution >= 0.6 is 0 Å². The third kappa shape index (κ3) is 2.41. The fraction of sp³-hybridized carbons (Fsp3) is 0.143. The van der Waals surface area contributed by atoms with Gasteiger partial charge in [-0.05, 0) is 36.2 Å². The van der Waals surface area contributed by atoms with Gasteiger partial charge in [-0.2, -0.15) is 0 Å².